The first-order valence-corrected chi connectivity index (χ1v) is 13.6. The van der Waals surface area contributed by atoms with Crippen LogP contribution in [0.3, 0.4) is 0 Å². The van der Waals surface area contributed by atoms with E-state index in [1.165, 1.54) is 0 Å². The van der Waals surface area contributed by atoms with E-state index >= 15 is 0 Å². The van der Waals surface area contributed by atoms with Gasteiger partial charge in [0.25, 0.3) is 0 Å². The van der Waals surface area contributed by atoms with Crippen molar-refractivity contribution >= 4 is 33.4 Å². The summed E-state index contributed by atoms with van der Waals surface area (Å²) in [4.78, 5) is 23.5. The zero-order valence-electron chi connectivity index (χ0n) is 21.5. The number of hydrogen-bond acceptors (Lipinski definition) is 8. The van der Waals surface area contributed by atoms with E-state index in [9.17, 15) is 10.1 Å². The van der Waals surface area contributed by atoms with Gasteiger partial charge in [0.2, 0.25) is 17.7 Å². The molecule has 1 unspecified atom stereocenters. The quantitative estimate of drug-likeness (QED) is 0.325. The molecule has 3 heterocycles. The zero-order chi connectivity index (χ0) is 26.6. The number of hydrogen-bond donors (Lipinski definition) is 2. The Morgan fingerprint density at radius 2 is 2.00 bits per heavy atom. The molecule has 0 spiro atoms. The van der Waals surface area contributed by atoms with E-state index in [-0.39, 0.29) is 6.04 Å². The number of nitrogens with one attached hydrogen (secondary N) is 1. The van der Waals surface area contributed by atoms with Gasteiger partial charge in [-0.1, -0.05) is 12.1 Å². The molecule has 2 aromatic carbocycles. The van der Waals surface area contributed by atoms with E-state index in [1.807, 2.05) is 55.6 Å². The van der Waals surface area contributed by atoms with Crippen molar-refractivity contribution in [1.29, 1.82) is 5.26 Å². The highest BCUT2D eigenvalue weighted by molar-refractivity contribution is 7.17. The first-order chi connectivity index (χ1) is 18.4. The average molecular weight is 527 g/mol. The molecule has 5 rings (SSSR count). The molecule has 1 aliphatic rings. The molecule has 194 valence electrons. The molecule has 1 aliphatic heterocycles. The Kier molecular flexibility index (Phi) is 7.54. The van der Waals surface area contributed by atoms with Crippen molar-refractivity contribution in [2.45, 2.75) is 45.7 Å². The smallest absolute Gasteiger partial charge is 0.248 e. The fourth-order valence-electron chi connectivity index (χ4n) is 4.96. The topological polar surface area (TPSA) is 117 Å². The van der Waals surface area contributed by atoms with Crippen molar-refractivity contribution in [2.24, 2.45) is 5.73 Å². The number of carbonyl (C=O) groups excluding carboxylic acids is 1. The molecule has 1 saturated heterocycles. The molecule has 1 amide bonds. The van der Waals surface area contributed by atoms with Crippen LogP contribution in [0.25, 0.3) is 10.2 Å². The van der Waals surface area contributed by atoms with Crippen LogP contribution in [-0.4, -0.2) is 39.9 Å². The molecular weight excluding hydrogens is 496 g/mol. The van der Waals surface area contributed by atoms with Gasteiger partial charge in [-0.2, -0.15) is 10.2 Å². The minimum atomic E-state index is -0.401. The Labute approximate surface area is 226 Å². The maximum absolute atomic E-state index is 11.5. The number of nitriles is 1. The first-order valence-electron chi connectivity index (χ1n) is 12.7. The number of thiophene rings is 1. The van der Waals surface area contributed by atoms with E-state index < -0.39 is 5.91 Å². The number of nitrogens with zero attached hydrogens (tertiary/aromatic N) is 4. The molecule has 0 aliphatic carbocycles. The number of rotatable bonds is 7. The summed E-state index contributed by atoms with van der Waals surface area (Å²) >= 11 is 1.55. The van der Waals surface area contributed by atoms with Gasteiger partial charge in [-0.05, 0) is 92.1 Å². The summed E-state index contributed by atoms with van der Waals surface area (Å²) in [5.74, 6) is 1.40. The molecule has 1 fully saturated rings. The summed E-state index contributed by atoms with van der Waals surface area (Å²) in [6.07, 6.45) is 3.00. The van der Waals surface area contributed by atoms with Crippen molar-refractivity contribution in [3.05, 3.63) is 75.7 Å². The van der Waals surface area contributed by atoms with Gasteiger partial charge in [-0.25, -0.2) is 4.98 Å². The van der Waals surface area contributed by atoms with Gasteiger partial charge in [-0.15, -0.1) is 11.3 Å². The van der Waals surface area contributed by atoms with Gasteiger partial charge in [-0.3, -0.25) is 9.69 Å². The number of nitrogens with two attached hydrogens (primary N) is 1. The lowest BCUT2D eigenvalue weighted by molar-refractivity contribution is 0.1000. The van der Waals surface area contributed by atoms with Crippen LogP contribution in [0.2, 0.25) is 0 Å². The zero-order valence-corrected chi connectivity index (χ0v) is 22.3. The number of ether oxygens (including phenoxy) is 1. The van der Waals surface area contributed by atoms with Gasteiger partial charge < -0.3 is 15.8 Å². The Balaban J connectivity index is 1.30. The highest BCUT2D eigenvalue weighted by Crippen LogP contribution is 2.36. The summed E-state index contributed by atoms with van der Waals surface area (Å²) in [5, 5.41) is 14.8. The predicted molar refractivity (Wildman–Crippen MR) is 150 cm³/mol. The number of amides is 1. The second-order valence-electron chi connectivity index (χ2n) is 9.75. The number of likely N-dealkylation sites (tertiary alicyclic amines) is 1. The fourth-order valence-corrected chi connectivity index (χ4v) is 5.72. The summed E-state index contributed by atoms with van der Waals surface area (Å²) < 4.78 is 7.24. The minimum absolute atomic E-state index is 0.235. The maximum atomic E-state index is 11.5. The van der Waals surface area contributed by atoms with E-state index in [4.69, 9.17) is 20.4 Å². The monoisotopic (exact) mass is 526 g/mol. The second-order valence-corrected chi connectivity index (χ2v) is 10.7. The number of benzene rings is 2. The molecular formula is C29H30N6O2S. The largest absolute Gasteiger partial charge is 0.437 e. The van der Waals surface area contributed by atoms with Crippen LogP contribution in [0.15, 0.2) is 47.8 Å². The molecule has 8 nitrogen and oxygen atoms in total. The highest BCUT2D eigenvalue weighted by Gasteiger charge is 2.20. The van der Waals surface area contributed by atoms with Crippen LogP contribution in [0, 0.1) is 25.2 Å². The van der Waals surface area contributed by atoms with Crippen LogP contribution >= 0.6 is 11.3 Å². The minimum Gasteiger partial charge on any atom is -0.437 e. The van der Waals surface area contributed by atoms with E-state index in [1.54, 1.807) is 17.4 Å². The molecule has 0 saturated carbocycles. The summed E-state index contributed by atoms with van der Waals surface area (Å²) in [5.41, 5.74) is 10.3. The van der Waals surface area contributed by atoms with Gasteiger partial charge >= 0.3 is 0 Å². The highest BCUT2D eigenvalue weighted by atomic mass is 32.1. The number of carbonyl (C=O) groups is 1. The molecule has 0 radical (unpaired) electrons. The Morgan fingerprint density at radius 1 is 1.18 bits per heavy atom. The van der Waals surface area contributed by atoms with E-state index in [0.29, 0.717) is 28.7 Å². The fraction of sp³-hybridized carbons (Fsp3) is 0.310. The van der Waals surface area contributed by atoms with Crippen LogP contribution < -0.4 is 15.8 Å². The summed E-state index contributed by atoms with van der Waals surface area (Å²) in [7, 11) is 0. The molecule has 1 atom stereocenters. The van der Waals surface area contributed by atoms with Crippen molar-refractivity contribution in [1.82, 2.24) is 14.9 Å². The third kappa shape index (κ3) is 5.77. The predicted octanol–water partition coefficient (Wildman–Crippen LogP) is 5.54. The first kappa shape index (κ1) is 25.6. The molecule has 4 aromatic rings. The maximum Gasteiger partial charge on any atom is 0.248 e. The van der Waals surface area contributed by atoms with Gasteiger partial charge in [0.05, 0.1) is 17.1 Å². The van der Waals surface area contributed by atoms with Crippen molar-refractivity contribution in [3.8, 4) is 17.7 Å². The number of aromatic nitrogens is 2. The lowest BCUT2D eigenvalue weighted by Crippen LogP contribution is -2.26. The van der Waals surface area contributed by atoms with Crippen LogP contribution in [0.5, 0.6) is 11.6 Å². The Morgan fingerprint density at radius 3 is 2.76 bits per heavy atom. The lowest BCUT2D eigenvalue weighted by Gasteiger charge is -2.21. The van der Waals surface area contributed by atoms with Crippen LogP contribution in [0.4, 0.5) is 5.95 Å². The molecule has 0 bridgehead atoms. The summed E-state index contributed by atoms with van der Waals surface area (Å²) in [6, 6.07) is 15.6. The normalized spacial score (nSPS) is 16.1. The van der Waals surface area contributed by atoms with E-state index in [2.05, 4.69) is 16.3 Å². The standard InChI is InChI=1S/C29H30N6O2S/c1-18-13-21(16-30)14-19(2)25(18)37-28-26-24(9-12-38-26)33-29(34-28)32-23-7-4-10-35(11-8-23)17-20-5-3-6-22(15-20)27(31)36/h3,5-6,9,12-15,23H,4,7-8,10-11,17H2,1-2H3,(H2,31,36)(H,32,33,34). The van der Waals surface area contributed by atoms with Gasteiger partial charge in [0.1, 0.15) is 10.4 Å². The molecule has 38 heavy (non-hydrogen) atoms. The average Bonchev–Trinajstić information content (AvgIpc) is 3.27. The van der Waals surface area contributed by atoms with Crippen molar-refractivity contribution < 1.29 is 9.53 Å². The SMILES string of the molecule is Cc1cc(C#N)cc(C)c1Oc1nc(NC2CCCN(Cc3cccc(C(N)=O)c3)CC2)nc2ccsc12. The lowest BCUT2D eigenvalue weighted by atomic mass is 10.1. The number of anilines is 1. The third-order valence-electron chi connectivity index (χ3n) is 6.83. The summed E-state index contributed by atoms with van der Waals surface area (Å²) in [6.45, 7) is 6.57. The number of primary amides is 1. The van der Waals surface area contributed by atoms with Crippen molar-refractivity contribution in [2.75, 3.05) is 18.4 Å². The van der Waals surface area contributed by atoms with Crippen LogP contribution in [0.1, 0.15) is 51.9 Å². The third-order valence-corrected chi connectivity index (χ3v) is 7.72. The molecule has 2 aromatic heterocycles. The van der Waals surface area contributed by atoms with E-state index in [0.717, 1.165) is 65.8 Å². The Hall–Kier alpha value is -4.00. The van der Waals surface area contributed by atoms with Crippen LogP contribution in [-0.2, 0) is 6.54 Å². The van der Waals surface area contributed by atoms with Gasteiger partial charge in [0, 0.05) is 24.7 Å². The molecule has 3 N–H and O–H groups in total. The van der Waals surface area contributed by atoms with Crippen molar-refractivity contribution in [3.63, 3.8) is 0 Å². The Bertz CT molecular complexity index is 1500. The number of fused-ring (bicyclic) bond motifs is 1. The second kappa shape index (κ2) is 11.2. The number of aryl methyl sites for hydroxylation is 2. The molecule has 9 heteroatoms. The van der Waals surface area contributed by atoms with Gasteiger partial charge in [0.15, 0.2) is 0 Å².